The number of hydroxylamine groups is 2. The first-order valence-corrected chi connectivity index (χ1v) is 4.37. The van der Waals surface area contributed by atoms with Crippen LogP contribution in [-0.2, 0) is 14.4 Å². The van der Waals surface area contributed by atoms with E-state index < -0.39 is 24.5 Å². The molecular weight excluding hydrogens is 190 g/mol. The molecule has 0 aliphatic carbocycles. The molecule has 0 fully saturated rings. The van der Waals surface area contributed by atoms with E-state index in [1.165, 1.54) is 5.06 Å². The molecule has 82 valence electrons. The molecular formula is C8H15NO5. The van der Waals surface area contributed by atoms with Crippen molar-refractivity contribution in [2.45, 2.75) is 26.4 Å². The van der Waals surface area contributed by atoms with Crippen LogP contribution in [0.4, 0.5) is 0 Å². The van der Waals surface area contributed by atoms with Gasteiger partial charge in [0.15, 0.2) is 6.10 Å². The lowest BCUT2D eigenvalue weighted by Gasteiger charge is -2.21. The van der Waals surface area contributed by atoms with Gasteiger partial charge in [0, 0.05) is 13.1 Å². The number of carboxylic acids is 2. The van der Waals surface area contributed by atoms with Crippen molar-refractivity contribution in [1.82, 2.24) is 5.06 Å². The van der Waals surface area contributed by atoms with E-state index in [0.717, 1.165) is 0 Å². The van der Waals surface area contributed by atoms with E-state index in [0.29, 0.717) is 13.1 Å². The van der Waals surface area contributed by atoms with Crippen molar-refractivity contribution in [3.63, 3.8) is 0 Å². The first kappa shape index (κ1) is 12.9. The Morgan fingerprint density at radius 3 is 2.07 bits per heavy atom. The maximum atomic E-state index is 10.6. The number of carbonyl (C=O) groups is 2. The summed E-state index contributed by atoms with van der Waals surface area (Å²) < 4.78 is 0. The zero-order valence-corrected chi connectivity index (χ0v) is 8.27. The predicted octanol–water partition coefficient (Wildman–Crippen LogP) is 0.188. The third kappa shape index (κ3) is 4.78. The molecule has 0 spiro atoms. The molecule has 14 heavy (non-hydrogen) atoms. The lowest BCUT2D eigenvalue weighted by atomic mass is 10.2. The highest BCUT2D eigenvalue weighted by atomic mass is 16.7. The number of rotatable bonds is 7. The summed E-state index contributed by atoms with van der Waals surface area (Å²) in [4.78, 5) is 25.9. The monoisotopic (exact) mass is 205 g/mol. The van der Waals surface area contributed by atoms with E-state index in [2.05, 4.69) is 0 Å². The van der Waals surface area contributed by atoms with Gasteiger partial charge < -0.3 is 10.2 Å². The second-order valence-electron chi connectivity index (χ2n) is 2.64. The number of hydrogen-bond acceptors (Lipinski definition) is 4. The summed E-state index contributed by atoms with van der Waals surface area (Å²) >= 11 is 0. The summed E-state index contributed by atoms with van der Waals surface area (Å²) in [5, 5.41) is 18.5. The smallest absolute Gasteiger partial charge is 0.335 e. The molecule has 0 amide bonds. The van der Waals surface area contributed by atoms with E-state index in [9.17, 15) is 9.59 Å². The van der Waals surface area contributed by atoms with Crippen LogP contribution in [0.3, 0.4) is 0 Å². The molecule has 1 unspecified atom stereocenters. The van der Waals surface area contributed by atoms with Crippen LogP contribution in [-0.4, -0.2) is 46.4 Å². The number of carboxylic acid groups (broad SMARTS) is 2. The van der Waals surface area contributed by atoms with Crippen molar-refractivity contribution >= 4 is 11.9 Å². The van der Waals surface area contributed by atoms with Crippen LogP contribution in [0.15, 0.2) is 0 Å². The Morgan fingerprint density at radius 1 is 1.29 bits per heavy atom. The molecule has 0 rings (SSSR count). The molecule has 0 aromatic heterocycles. The van der Waals surface area contributed by atoms with E-state index in [4.69, 9.17) is 15.1 Å². The van der Waals surface area contributed by atoms with Gasteiger partial charge in [-0.05, 0) is 0 Å². The van der Waals surface area contributed by atoms with Crippen LogP contribution < -0.4 is 0 Å². The number of aliphatic carboxylic acids is 2. The summed E-state index contributed by atoms with van der Waals surface area (Å²) in [7, 11) is 0. The molecule has 2 N–H and O–H groups in total. The van der Waals surface area contributed by atoms with Gasteiger partial charge in [0.2, 0.25) is 0 Å². The second kappa shape index (κ2) is 6.33. The van der Waals surface area contributed by atoms with E-state index in [1.54, 1.807) is 13.8 Å². The van der Waals surface area contributed by atoms with Crippen molar-refractivity contribution < 1.29 is 24.6 Å². The SMILES string of the molecule is CCN(CC)OC(CC(=O)O)C(=O)O. The molecule has 0 saturated heterocycles. The molecule has 0 heterocycles. The maximum absolute atomic E-state index is 10.6. The zero-order valence-electron chi connectivity index (χ0n) is 8.27. The van der Waals surface area contributed by atoms with Crippen LogP contribution in [0.1, 0.15) is 20.3 Å². The van der Waals surface area contributed by atoms with Crippen molar-refractivity contribution in [1.29, 1.82) is 0 Å². The molecule has 0 bridgehead atoms. The highest BCUT2D eigenvalue weighted by Gasteiger charge is 2.24. The van der Waals surface area contributed by atoms with Gasteiger partial charge in [0.1, 0.15) is 0 Å². The fourth-order valence-corrected chi connectivity index (χ4v) is 0.881. The zero-order chi connectivity index (χ0) is 11.1. The van der Waals surface area contributed by atoms with Crippen LogP contribution in [0.25, 0.3) is 0 Å². The summed E-state index contributed by atoms with van der Waals surface area (Å²) in [5.41, 5.74) is 0. The molecule has 6 heteroatoms. The Hall–Kier alpha value is -1.14. The molecule has 0 aliphatic heterocycles. The van der Waals surface area contributed by atoms with Crippen molar-refractivity contribution in [3.8, 4) is 0 Å². The standard InChI is InChI=1S/C8H15NO5/c1-3-9(4-2)14-6(8(12)13)5-7(10)11/h6H,3-5H2,1-2H3,(H,10,11)(H,12,13). The summed E-state index contributed by atoms with van der Waals surface area (Å²) in [5.74, 6) is -2.45. The number of hydrogen-bond donors (Lipinski definition) is 2. The van der Waals surface area contributed by atoms with Gasteiger partial charge in [-0.2, -0.15) is 5.06 Å². The van der Waals surface area contributed by atoms with Crippen molar-refractivity contribution in [2.24, 2.45) is 0 Å². The van der Waals surface area contributed by atoms with Gasteiger partial charge in [-0.25, -0.2) is 4.79 Å². The Morgan fingerprint density at radius 2 is 1.79 bits per heavy atom. The second-order valence-corrected chi connectivity index (χ2v) is 2.64. The van der Waals surface area contributed by atoms with E-state index >= 15 is 0 Å². The largest absolute Gasteiger partial charge is 0.481 e. The first-order chi connectivity index (χ1) is 6.51. The van der Waals surface area contributed by atoms with Gasteiger partial charge in [-0.3, -0.25) is 9.63 Å². The normalized spacial score (nSPS) is 12.8. The maximum Gasteiger partial charge on any atom is 0.335 e. The molecule has 0 aromatic rings. The molecule has 1 atom stereocenters. The Bertz CT molecular complexity index is 202. The van der Waals surface area contributed by atoms with Gasteiger partial charge in [0.05, 0.1) is 6.42 Å². The highest BCUT2D eigenvalue weighted by molar-refractivity contribution is 5.79. The van der Waals surface area contributed by atoms with Gasteiger partial charge >= 0.3 is 11.9 Å². The lowest BCUT2D eigenvalue weighted by molar-refractivity contribution is -0.210. The van der Waals surface area contributed by atoms with Crippen molar-refractivity contribution in [2.75, 3.05) is 13.1 Å². The van der Waals surface area contributed by atoms with Gasteiger partial charge in [-0.1, -0.05) is 13.8 Å². The fraction of sp³-hybridized carbons (Fsp3) is 0.750. The molecule has 0 saturated carbocycles. The Labute approximate surface area is 82.0 Å². The van der Waals surface area contributed by atoms with Crippen LogP contribution in [0.5, 0.6) is 0 Å². The number of nitrogens with zero attached hydrogens (tertiary/aromatic N) is 1. The van der Waals surface area contributed by atoms with Gasteiger partial charge in [-0.15, -0.1) is 0 Å². The molecule has 0 aliphatic rings. The minimum absolute atomic E-state index is 0.514. The highest BCUT2D eigenvalue weighted by Crippen LogP contribution is 2.03. The quantitative estimate of drug-likeness (QED) is 0.577. The third-order valence-corrected chi connectivity index (χ3v) is 1.62. The average molecular weight is 205 g/mol. The Kier molecular flexibility index (Phi) is 5.82. The fourth-order valence-electron chi connectivity index (χ4n) is 0.881. The third-order valence-electron chi connectivity index (χ3n) is 1.62. The van der Waals surface area contributed by atoms with Crippen molar-refractivity contribution in [3.05, 3.63) is 0 Å². The molecule has 0 aromatic carbocycles. The summed E-state index contributed by atoms with van der Waals surface area (Å²) in [6, 6.07) is 0. The Balaban J connectivity index is 4.21. The van der Waals surface area contributed by atoms with Crippen LogP contribution in [0.2, 0.25) is 0 Å². The van der Waals surface area contributed by atoms with E-state index in [-0.39, 0.29) is 0 Å². The van der Waals surface area contributed by atoms with Crippen LogP contribution >= 0.6 is 0 Å². The van der Waals surface area contributed by atoms with Crippen LogP contribution in [0, 0.1) is 0 Å². The lowest BCUT2D eigenvalue weighted by Crippen LogP contribution is -2.35. The average Bonchev–Trinajstić information content (AvgIpc) is 2.11. The predicted molar refractivity (Wildman–Crippen MR) is 47.7 cm³/mol. The molecule has 6 nitrogen and oxygen atoms in total. The minimum atomic E-state index is -1.31. The topological polar surface area (TPSA) is 87.1 Å². The van der Waals surface area contributed by atoms with E-state index in [1.807, 2.05) is 0 Å². The first-order valence-electron chi connectivity index (χ1n) is 4.37. The summed E-state index contributed by atoms with van der Waals surface area (Å²) in [6.07, 6.45) is -1.85. The minimum Gasteiger partial charge on any atom is -0.481 e. The molecule has 0 radical (unpaired) electrons. The summed E-state index contributed by atoms with van der Waals surface area (Å²) in [6.45, 7) is 4.62. The van der Waals surface area contributed by atoms with Gasteiger partial charge in [0.25, 0.3) is 0 Å².